The van der Waals surface area contributed by atoms with Crippen LogP contribution in [-0.4, -0.2) is 36.2 Å². The second kappa shape index (κ2) is 9.18. The van der Waals surface area contributed by atoms with Gasteiger partial charge in [-0.05, 0) is 24.3 Å². The molecule has 0 unspecified atom stereocenters. The fraction of sp³-hybridized carbons (Fsp3) is 0.167. The van der Waals surface area contributed by atoms with Crippen LogP contribution in [0, 0.1) is 12.4 Å². The number of hydrogen-bond acceptors (Lipinski definition) is 5. The van der Waals surface area contributed by atoms with Gasteiger partial charge in [-0.1, -0.05) is 36.4 Å². The molecule has 0 bridgehead atoms. The highest BCUT2D eigenvalue weighted by Crippen LogP contribution is 2.42. The SMILES string of the molecule is [C-]#[N+]c1cnc2cc(OC)c(OC3CN(C(=C)C=C)C3)cc2c1Nc1ccc(Cl)c(Cl)c1F. The third-order valence-corrected chi connectivity index (χ3v) is 6.11. The number of rotatable bonds is 7. The molecule has 0 saturated carbocycles. The number of nitrogens with one attached hydrogen (secondary N) is 1. The third-order valence-electron chi connectivity index (χ3n) is 5.33. The van der Waals surface area contributed by atoms with Crippen LogP contribution in [0.15, 0.2) is 55.4 Å². The second-order valence-corrected chi connectivity index (χ2v) is 8.12. The number of halogens is 3. The molecule has 2 heterocycles. The number of likely N-dealkylation sites (tertiary alicyclic amines) is 1. The van der Waals surface area contributed by atoms with Crippen LogP contribution in [0.5, 0.6) is 11.5 Å². The van der Waals surface area contributed by atoms with Crippen molar-refractivity contribution in [2.24, 2.45) is 0 Å². The van der Waals surface area contributed by atoms with E-state index in [0.717, 1.165) is 5.70 Å². The summed E-state index contributed by atoms with van der Waals surface area (Å²) in [6.45, 7) is 16.5. The lowest BCUT2D eigenvalue weighted by molar-refractivity contribution is 0.0454. The quantitative estimate of drug-likeness (QED) is 0.228. The van der Waals surface area contributed by atoms with Crippen molar-refractivity contribution in [3.8, 4) is 11.5 Å². The minimum absolute atomic E-state index is 0.0750. The van der Waals surface area contributed by atoms with Crippen molar-refractivity contribution in [3.63, 3.8) is 0 Å². The molecule has 1 aliphatic rings. The maximum atomic E-state index is 14.7. The highest BCUT2D eigenvalue weighted by Gasteiger charge is 2.29. The molecule has 4 rings (SSSR count). The molecular weight excluding hydrogens is 466 g/mol. The molecule has 3 aromatic rings. The molecule has 1 fully saturated rings. The molecule has 0 spiro atoms. The zero-order chi connectivity index (χ0) is 23.7. The Bertz CT molecular complexity index is 1320. The molecule has 2 aromatic carbocycles. The van der Waals surface area contributed by atoms with Crippen molar-refractivity contribution in [1.82, 2.24) is 9.88 Å². The lowest BCUT2D eigenvalue weighted by Gasteiger charge is -2.41. The summed E-state index contributed by atoms with van der Waals surface area (Å²) in [4.78, 5) is 9.93. The molecule has 6 nitrogen and oxygen atoms in total. The maximum Gasteiger partial charge on any atom is 0.228 e. The number of allylic oxidation sites excluding steroid dienone is 1. The maximum absolute atomic E-state index is 14.7. The van der Waals surface area contributed by atoms with E-state index in [1.54, 1.807) is 25.3 Å². The highest BCUT2D eigenvalue weighted by molar-refractivity contribution is 6.42. The minimum Gasteiger partial charge on any atom is -0.493 e. The molecule has 1 N–H and O–H groups in total. The lowest BCUT2D eigenvalue weighted by Crippen LogP contribution is -2.52. The largest absolute Gasteiger partial charge is 0.493 e. The van der Waals surface area contributed by atoms with Gasteiger partial charge in [0.05, 0.1) is 53.7 Å². The van der Waals surface area contributed by atoms with E-state index in [-0.39, 0.29) is 27.5 Å². The van der Waals surface area contributed by atoms with Crippen LogP contribution in [0.1, 0.15) is 0 Å². The molecule has 0 amide bonds. The van der Waals surface area contributed by atoms with Crippen LogP contribution < -0.4 is 14.8 Å². The number of ether oxygens (including phenoxy) is 2. The minimum atomic E-state index is -0.716. The van der Waals surface area contributed by atoms with Gasteiger partial charge in [-0.3, -0.25) is 4.98 Å². The summed E-state index contributed by atoms with van der Waals surface area (Å²) in [5.41, 5.74) is 2.04. The monoisotopic (exact) mass is 484 g/mol. The number of nitrogens with zero attached hydrogens (tertiary/aromatic N) is 3. The lowest BCUT2D eigenvalue weighted by atomic mass is 10.1. The number of pyridine rings is 1. The molecular formula is C24H19Cl2FN4O2. The summed E-state index contributed by atoms with van der Waals surface area (Å²) in [6.07, 6.45) is 3.04. The molecule has 1 saturated heterocycles. The Morgan fingerprint density at radius 2 is 2.09 bits per heavy atom. The van der Waals surface area contributed by atoms with Crippen molar-refractivity contribution >= 4 is 51.2 Å². The molecule has 0 atom stereocenters. The van der Waals surface area contributed by atoms with Gasteiger partial charge in [0.1, 0.15) is 6.10 Å². The zero-order valence-electron chi connectivity index (χ0n) is 17.7. The van der Waals surface area contributed by atoms with Crippen molar-refractivity contribution in [1.29, 1.82) is 0 Å². The predicted octanol–water partition coefficient (Wildman–Crippen LogP) is 6.75. The van der Waals surface area contributed by atoms with Gasteiger partial charge in [0.2, 0.25) is 5.69 Å². The first-order chi connectivity index (χ1) is 15.9. The van der Waals surface area contributed by atoms with Crippen molar-refractivity contribution in [2.45, 2.75) is 6.10 Å². The van der Waals surface area contributed by atoms with Gasteiger partial charge >= 0.3 is 0 Å². The van der Waals surface area contributed by atoms with Crippen LogP contribution in [0.4, 0.5) is 21.5 Å². The second-order valence-electron chi connectivity index (χ2n) is 7.34. The van der Waals surface area contributed by atoms with Gasteiger partial charge < -0.3 is 19.7 Å². The molecule has 0 aliphatic carbocycles. The Balaban J connectivity index is 1.74. The summed E-state index contributed by atoms with van der Waals surface area (Å²) in [6, 6.07) is 6.39. The summed E-state index contributed by atoms with van der Waals surface area (Å²) < 4.78 is 26.4. The van der Waals surface area contributed by atoms with Gasteiger partial charge in [0, 0.05) is 23.3 Å². The van der Waals surface area contributed by atoms with Crippen molar-refractivity contribution < 1.29 is 13.9 Å². The standard InChI is InChI=1S/C24H19Cl2FN4O2/c1-5-13(2)31-11-14(12-31)33-21-8-15-18(9-20(21)32-4)29-10-19(28-3)24(15)30-17-7-6-16(25)22(26)23(17)27/h5-10,14H,1-2,11-12H2,4H3,(H,29,30). The normalized spacial score (nSPS) is 13.2. The van der Waals surface area contributed by atoms with Crippen LogP contribution in [-0.2, 0) is 0 Å². The van der Waals surface area contributed by atoms with E-state index < -0.39 is 5.82 Å². The molecule has 1 aromatic heterocycles. The molecule has 168 valence electrons. The van der Waals surface area contributed by atoms with E-state index in [1.165, 1.54) is 18.3 Å². The summed E-state index contributed by atoms with van der Waals surface area (Å²) >= 11 is 11.9. The predicted molar refractivity (Wildman–Crippen MR) is 130 cm³/mol. The Morgan fingerprint density at radius 1 is 1.33 bits per heavy atom. The van der Waals surface area contributed by atoms with E-state index in [4.69, 9.17) is 39.2 Å². The van der Waals surface area contributed by atoms with Crippen LogP contribution >= 0.6 is 23.2 Å². The van der Waals surface area contributed by atoms with Crippen LogP contribution in [0.25, 0.3) is 15.7 Å². The molecule has 33 heavy (non-hydrogen) atoms. The van der Waals surface area contributed by atoms with Gasteiger partial charge in [-0.2, -0.15) is 0 Å². The van der Waals surface area contributed by atoms with E-state index in [9.17, 15) is 4.39 Å². The van der Waals surface area contributed by atoms with E-state index in [2.05, 4.69) is 28.3 Å². The average Bonchev–Trinajstić information content (AvgIpc) is 2.80. The first kappa shape index (κ1) is 22.7. The Morgan fingerprint density at radius 3 is 2.76 bits per heavy atom. The van der Waals surface area contributed by atoms with Gasteiger partial charge in [0.25, 0.3) is 0 Å². The molecule has 0 radical (unpaired) electrons. The Kier molecular flexibility index (Phi) is 6.32. The number of methoxy groups -OCH3 is 1. The topological polar surface area (TPSA) is 51.0 Å². The summed E-state index contributed by atoms with van der Waals surface area (Å²) in [5, 5.41) is 3.44. The number of fused-ring (bicyclic) bond motifs is 1. The number of anilines is 2. The van der Waals surface area contributed by atoms with Crippen molar-refractivity contribution in [3.05, 3.63) is 82.7 Å². The smallest absolute Gasteiger partial charge is 0.228 e. The Hall–Kier alpha value is -3.47. The van der Waals surface area contributed by atoms with Crippen LogP contribution in [0.3, 0.4) is 0 Å². The highest BCUT2D eigenvalue weighted by atomic mass is 35.5. The molecule has 1 aliphatic heterocycles. The first-order valence-corrected chi connectivity index (χ1v) is 10.6. The summed E-state index contributed by atoms with van der Waals surface area (Å²) in [5.74, 6) is 0.269. The number of aromatic nitrogens is 1. The van der Waals surface area contributed by atoms with Crippen molar-refractivity contribution in [2.75, 3.05) is 25.5 Å². The zero-order valence-corrected chi connectivity index (χ0v) is 19.2. The third kappa shape index (κ3) is 4.28. The average molecular weight is 485 g/mol. The van der Waals surface area contributed by atoms with Gasteiger partial charge in [-0.25, -0.2) is 9.24 Å². The Labute approximate surface area is 200 Å². The molecule has 9 heteroatoms. The van der Waals surface area contributed by atoms with Crippen LogP contribution in [0.2, 0.25) is 10.0 Å². The number of benzene rings is 2. The van der Waals surface area contributed by atoms with Gasteiger partial charge in [-0.15, -0.1) is 0 Å². The first-order valence-electron chi connectivity index (χ1n) is 9.88. The van der Waals surface area contributed by atoms with E-state index >= 15 is 0 Å². The summed E-state index contributed by atoms with van der Waals surface area (Å²) in [7, 11) is 1.54. The number of hydrogen-bond donors (Lipinski definition) is 1. The van der Waals surface area contributed by atoms with E-state index in [1.807, 2.05) is 4.90 Å². The van der Waals surface area contributed by atoms with Gasteiger partial charge in [0.15, 0.2) is 17.3 Å². The fourth-order valence-corrected chi connectivity index (χ4v) is 3.78. The van der Waals surface area contributed by atoms with E-state index in [0.29, 0.717) is 41.2 Å². The fourth-order valence-electron chi connectivity index (χ4n) is 3.47.